The van der Waals surface area contributed by atoms with E-state index in [4.69, 9.17) is 5.73 Å². The van der Waals surface area contributed by atoms with E-state index in [1.165, 1.54) is 22.3 Å². The summed E-state index contributed by atoms with van der Waals surface area (Å²) < 4.78 is 13.1. The van der Waals surface area contributed by atoms with Crippen molar-refractivity contribution in [1.82, 2.24) is 4.90 Å². The van der Waals surface area contributed by atoms with E-state index in [-0.39, 0.29) is 11.9 Å². The zero-order chi connectivity index (χ0) is 17.1. The molecule has 2 atom stereocenters. The topological polar surface area (TPSA) is 29.3 Å². The Kier molecular flexibility index (Phi) is 5.32. The van der Waals surface area contributed by atoms with Gasteiger partial charge in [0.1, 0.15) is 5.82 Å². The number of nitrogens with two attached hydrogens (primary N) is 1. The highest BCUT2D eigenvalue weighted by molar-refractivity contribution is 5.30. The van der Waals surface area contributed by atoms with Crippen LogP contribution in [0.2, 0.25) is 0 Å². The average Bonchev–Trinajstić information content (AvgIpc) is 2.52. The molecule has 0 aromatic heterocycles. The summed E-state index contributed by atoms with van der Waals surface area (Å²) in [6.07, 6.45) is 2.01. The number of piperidine rings is 1. The Balaban J connectivity index is 1.65. The predicted molar refractivity (Wildman–Crippen MR) is 97.4 cm³/mol. The maximum Gasteiger partial charge on any atom is 0.123 e. The van der Waals surface area contributed by atoms with Crippen LogP contribution in [0.25, 0.3) is 0 Å². The molecule has 2 aromatic rings. The van der Waals surface area contributed by atoms with Crippen LogP contribution in [-0.4, -0.2) is 24.0 Å². The summed E-state index contributed by atoms with van der Waals surface area (Å²) >= 11 is 0. The molecule has 0 saturated carbocycles. The Morgan fingerprint density at radius 3 is 2.54 bits per heavy atom. The normalized spacial score (nSPS) is 21.8. The van der Waals surface area contributed by atoms with Crippen molar-refractivity contribution in [3.63, 3.8) is 0 Å². The van der Waals surface area contributed by atoms with Crippen LogP contribution in [0, 0.1) is 25.6 Å². The van der Waals surface area contributed by atoms with Crippen molar-refractivity contribution >= 4 is 0 Å². The Labute approximate surface area is 144 Å². The third kappa shape index (κ3) is 4.43. The van der Waals surface area contributed by atoms with Crippen LogP contribution < -0.4 is 5.73 Å². The van der Waals surface area contributed by atoms with E-state index in [9.17, 15) is 4.39 Å². The molecule has 0 amide bonds. The van der Waals surface area contributed by atoms with E-state index in [2.05, 4.69) is 36.9 Å². The summed E-state index contributed by atoms with van der Waals surface area (Å²) in [6, 6.07) is 13.8. The molecule has 0 radical (unpaired) electrons. The summed E-state index contributed by atoms with van der Waals surface area (Å²) in [5, 5.41) is 0. The third-order valence-electron chi connectivity index (χ3n) is 4.97. The molecule has 1 aliphatic heterocycles. The van der Waals surface area contributed by atoms with Crippen molar-refractivity contribution in [3.8, 4) is 0 Å². The number of hydrogen-bond donors (Lipinski definition) is 1. The van der Waals surface area contributed by atoms with Gasteiger partial charge in [0.2, 0.25) is 0 Å². The van der Waals surface area contributed by atoms with E-state index in [0.717, 1.165) is 32.5 Å². The zero-order valence-electron chi connectivity index (χ0n) is 14.6. The fourth-order valence-corrected chi connectivity index (χ4v) is 3.84. The minimum Gasteiger partial charge on any atom is -0.327 e. The highest BCUT2D eigenvalue weighted by Gasteiger charge is 2.25. The fourth-order valence-electron chi connectivity index (χ4n) is 3.84. The fraction of sp³-hybridized carbons (Fsp3) is 0.429. The van der Waals surface area contributed by atoms with Gasteiger partial charge in [-0.25, -0.2) is 4.39 Å². The lowest BCUT2D eigenvalue weighted by Crippen LogP contribution is -2.47. The largest absolute Gasteiger partial charge is 0.327 e. The highest BCUT2D eigenvalue weighted by atomic mass is 19.1. The number of nitrogens with zero attached hydrogens (tertiary/aromatic N) is 1. The minimum absolute atomic E-state index is 0.171. The molecule has 0 aliphatic carbocycles. The number of halogens is 1. The molecule has 24 heavy (non-hydrogen) atoms. The molecular weight excluding hydrogens is 299 g/mol. The van der Waals surface area contributed by atoms with E-state index < -0.39 is 0 Å². The van der Waals surface area contributed by atoms with Gasteiger partial charge in [0, 0.05) is 25.7 Å². The summed E-state index contributed by atoms with van der Waals surface area (Å²) in [5.41, 5.74) is 11.5. The van der Waals surface area contributed by atoms with Crippen LogP contribution in [0.1, 0.15) is 28.7 Å². The van der Waals surface area contributed by atoms with Crippen molar-refractivity contribution in [2.75, 3.05) is 13.1 Å². The zero-order valence-corrected chi connectivity index (χ0v) is 14.6. The molecule has 2 unspecified atom stereocenters. The van der Waals surface area contributed by atoms with E-state index in [1.807, 2.05) is 12.1 Å². The van der Waals surface area contributed by atoms with Crippen LogP contribution >= 0.6 is 0 Å². The first-order chi connectivity index (χ1) is 11.5. The molecule has 1 fully saturated rings. The number of rotatable bonds is 4. The first-order valence-electron chi connectivity index (χ1n) is 8.78. The molecule has 2 aromatic carbocycles. The van der Waals surface area contributed by atoms with Gasteiger partial charge in [-0.15, -0.1) is 0 Å². The lowest BCUT2D eigenvalue weighted by molar-refractivity contribution is 0.149. The summed E-state index contributed by atoms with van der Waals surface area (Å²) in [4.78, 5) is 2.47. The van der Waals surface area contributed by atoms with Crippen LogP contribution in [-0.2, 0) is 13.0 Å². The van der Waals surface area contributed by atoms with Gasteiger partial charge in [-0.05, 0) is 61.4 Å². The maximum absolute atomic E-state index is 13.1. The molecule has 1 heterocycles. The molecule has 1 saturated heterocycles. The number of benzene rings is 2. The molecule has 1 aliphatic rings. The molecule has 3 rings (SSSR count). The average molecular weight is 326 g/mol. The second-order valence-electron chi connectivity index (χ2n) is 7.32. The van der Waals surface area contributed by atoms with Gasteiger partial charge in [0.05, 0.1) is 0 Å². The lowest BCUT2D eigenvalue weighted by atomic mass is 9.88. The van der Waals surface area contributed by atoms with E-state index in [1.54, 1.807) is 12.1 Å². The van der Waals surface area contributed by atoms with Gasteiger partial charge >= 0.3 is 0 Å². The van der Waals surface area contributed by atoms with Crippen LogP contribution in [0.4, 0.5) is 4.39 Å². The molecule has 0 spiro atoms. The van der Waals surface area contributed by atoms with Crippen molar-refractivity contribution in [1.29, 1.82) is 0 Å². The third-order valence-corrected chi connectivity index (χ3v) is 4.97. The van der Waals surface area contributed by atoms with Crippen LogP contribution in [0.5, 0.6) is 0 Å². The molecule has 2 N–H and O–H groups in total. The first-order valence-corrected chi connectivity index (χ1v) is 8.78. The van der Waals surface area contributed by atoms with Crippen molar-refractivity contribution in [2.45, 2.75) is 39.3 Å². The molecule has 128 valence electrons. The lowest BCUT2D eigenvalue weighted by Gasteiger charge is -2.36. The maximum atomic E-state index is 13.1. The second kappa shape index (κ2) is 7.45. The predicted octanol–water partition coefficient (Wildman–Crippen LogP) is 3.83. The summed E-state index contributed by atoms with van der Waals surface area (Å²) in [7, 11) is 0. The molecule has 2 nitrogen and oxygen atoms in total. The van der Waals surface area contributed by atoms with Crippen molar-refractivity contribution in [2.24, 2.45) is 11.7 Å². The molecule has 3 heteroatoms. The van der Waals surface area contributed by atoms with Gasteiger partial charge < -0.3 is 5.73 Å². The molecule has 0 bridgehead atoms. The smallest absolute Gasteiger partial charge is 0.123 e. The second-order valence-corrected chi connectivity index (χ2v) is 7.32. The van der Waals surface area contributed by atoms with Gasteiger partial charge in [-0.1, -0.05) is 35.9 Å². The SMILES string of the molecule is Cc1ccc(CN2CC(N)CC(Cc3ccc(F)cc3)C2)c(C)c1. The quantitative estimate of drug-likeness (QED) is 0.925. The Morgan fingerprint density at radius 2 is 1.83 bits per heavy atom. The van der Waals surface area contributed by atoms with Gasteiger partial charge in [0.15, 0.2) is 0 Å². The first kappa shape index (κ1) is 17.1. The Bertz CT molecular complexity index is 681. The Hall–Kier alpha value is -1.71. The number of aryl methyl sites for hydroxylation is 2. The van der Waals surface area contributed by atoms with Crippen LogP contribution in [0.15, 0.2) is 42.5 Å². The Morgan fingerprint density at radius 1 is 1.08 bits per heavy atom. The van der Waals surface area contributed by atoms with E-state index in [0.29, 0.717) is 5.92 Å². The van der Waals surface area contributed by atoms with Crippen LogP contribution in [0.3, 0.4) is 0 Å². The number of hydrogen-bond acceptors (Lipinski definition) is 2. The standard InChI is InChI=1S/C21H27FN2/c1-15-3-6-19(16(2)9-15)13-24-12-18(11-21(23)14-24)10-17-4-7-20(22)8-5-17/h3-9,18,21H,10-14,23H2,1-2H3. The highest BCUT2D eigenvalue weighted by Crippen LogP contribution is 2.23. The van der Waals surface area contributed by atoms with Gasteiger partial charge in [-0.3, -0.25) is 4.90 Å². The molecular formula is C21H27FN2. The summed E-state index contributed by atoms with van der Waals surface area (Å²) in [6.45, 7) is 7.28. The van der Waals surface area contributed by atoms with Crippen molar-refractivity contribution < 1.29 is 4.39 Å². The summed E-state index contributed by atoms with van der Waals surface area (Å²) in [5.74, 6) is 0.362. The monoisotopic (exact) mass is 326 g/mol. The van der Waals surface area contributed by atoms with Gasteiger partial charge in [0.25, 0.3) is 0 Å². The minimum atomic E-state index is -0.171. The van der Waals surface area contributed by atoms with Crippen molar-refractivity contribution in [3.05, 3.63) is 70.5 Å². The number of likely N-dealkylation sites (tertiary alicyclic amines) is 1. The van der Waals surface area contributed by atoms with E-state index >= 15 is 0 Å². The van der Waals surface area contributed by atoms with Gasteiger partial charge in [-0.2, -0.15) is 0 Å².